The Balaban J connectivity index is 1.30. The van der Waals surface area contributed by atoms with Crippen LogP contribution in [0.3, 0.4) is 0 Å². The van der Waals surface area contributed by atoms with Crippen molar-refractivity contribution in [2.24, 2.45) is 0 Å². The Morgan fingerprint density at radius 3 is 2.48 bits per heavy atom. The van der Waals surface area contributed by atoms with Gasteiger partial charge in [-0.2, -0.15) is 0 Å². The fourth-order valence-corrected chi connectivity index (χ4v) is 5.38. The molecule has 0 amide bonds. The number of pyridine rings is 1. The minimum atomic E-state index is -0.173. The molecule has 0 radical (unpaired) electrons. The molecule has 142 valence electrons. The van der Waals surface area contributed by atoms with Crippen LogP contribution in [0.2, 0.25) is 0 Å². The highest BCUT2D eigenvalue weighted by Gasteiger charge is 2.55. The van der Waals surface area contributed by atoms with Crippen molar-refractivity contribution in [2.45, 2.75) is 37.2 Å². The third kappa shape index (κ3) is 3.41. The van der Waals surface area contributed by atoms with E-state index in [0.717, 1.165) is 57.9 Å². The molecule has 1 aromatic heterocycles. The lowest BCUT2D eigenvalue weighted by atomic mass is 9.83. The number of benzene rings is 1. The second-order valence-corrected chi connectivity index (χ2v) is 8.54. The number of β-amino-alcohol motifs (C(OH)–C–C–N with tert-alkyl or cyclic N) is 1. The Labute approximate surface area is 161 Å². The molecule has 1 N–H and O–H groups in total. The number of aromatic nitrogens is 1. The molecule has 2 atom stereocenters. The van der Waals surface area contributed by atoms with Gasteiger partial charge in [-0.15, -0.1) is 0 Å². The van der Waals surface area contributed by atoms with E-state index in [-0.39, 0.29) is 11.6 Å². The van der Waals surface area contributed by atoms with E-state index < -0.39 is 0 Å². The van der Waals surface area contributed by atoms with Crippen LogP contribution in [-0.4, -0.2) is 75.2 Å². The zero-order valence-electron chi connectivity index (χ0n) is 15.7. The van der Waals surface area contributed by atoms with Gasteiger partial charge in [0.2, 0.25) is 0 Å². The number of aliphatic hydroxyl groups excluding tert-OH is 1. The molecule has 4 heterocycles. The van der Waals surface area contributed by atoms with Crippen LogP contribution in [0.15, 0.2) is 54.7 Å². The first-order chi connectivity index (χ1) is 13.2. The Kier molecular flexibility index (Phi) is 4.48. The van der Waals surface area contributed by atoms with Crippen LogP contribution in [0.5, 0.6) is 0 Å². The topological polar surface area (TPSA) is 42.8 Å². The summed E-state index contributed by atoms with van der Waals surface area (Å²) in [4.78, 5) is 12.2. The van der Waals surface area contributed by atoms with Crippen LogP contribution in [0.4, 0.5) is 0 Å². The minimum absolute atomic E-state index is 0.173. The molecule has 3 saturated heterocycles. The predicted molar refractivity (Wildman–Crippen MR) is 105 cm³/mol. The van der Waals surface area contributed by atoms with Gasteiger partial charge in [0.15, 0.2) is 0 Å². The number of piperazine rings is 1. The first-order valence-corrected chi connectivity index (χ1v) is 10.0. The average molecular weight is 364 g/mol. The molecule has 2 aromatic rings. The number of rotatable bonds is 4. The van der Waals surface area contributed by atoms with E-state index in [4.69, 9.17) is 0 Å². The summed E-state index contributed by atoms with van der Waals surface area (Å²) >= 11 is 0. The van der Waals surface area contributed by atoms with Crippen LogP contribution in [0, 0.1) is 0 Å². The second-order valence-electron chi connectivity index (χ2n) is 8.54. The quantitative estimate of drug-likeness (QED) is 0.892. The molecule has 0 aliphatic carbocycles. The SMILES string of the molecule is O[C@@H]1C[C@H]2CN(Cc3ccccc3)CC3(CN(Cc4ccccn4)C3)N2C1. The maximum absolute atomic E-state index is 10.3. The molecular formula is C22H28N4O. The predicted octanol–water partition coefficient (Wildman–Crippen LogP) is 1.59. The molecule has 0 bridgehead atoms. The van der Waals surface area contributed by atoms with Crippen LogP contribution in [0.1, 0.15) is 17.7 Å². The van der Waals surface area contributed by atoms with Crippen molar-refractivity contribution in [2.75, 3.05) is 32.7 Å². The molecule has 3 aliphatic rings. The van der Waals surface area contributed by atoms with Gasteiger partial charge >= 0.3 is 0 Å². The molecule has 1 spiro atoms. The van der Waals surface area contributed by atoms with Crippen LogP contribution in [0.25, 0.3) is 0 Å². The van der Waals surface area contributed by atoms with E-state index in [1.807, 2.05) is 12.3 Å². The van der Waals surface area contributed by atoms with Gasteiger partial charge in [0.1, 0.15) is 0 Å². The first kappa shape index (κ1) is 17.3. The molecule has 5 rings (SSSR count). The Morgan fingerprint density at radius 2 is 1.70 bits per heavy atom. The summed E-state index contributed by atoms with van der Waals surface area (Å²) in [7, 11) is 0. The van der Waals surface area contributed by atoms with Crippen molar-refractivity contribution < 1.29 is 5.11 Å². The monoisotopic (exact) mass is 364 g/mol. The summed E-state index contributed by atoms with van der Waals surface area (Å²) in [5.41, 5.74) is 2.70. The largest absolute Gasteiger partial charge is 0.392 e. The minimum Gasteiger partial charge on any atom is -0.392 e. The maximum Gasteiger partial charge on any atom is 0.0682 e. The third-order valence-electron chi connectivity index (χ3n) is 6.39. The number of likely N-dealkylation sites (tertiary alicyclic amines) is 1. The summed E-state index contributed by atoms with van der Waals surface area (Å²) in [6.45, 7) is 7.04. The normalized spacial score (nSPS) is 28.2. The lowest BCUT2D eigenvalue weighted by Crippen LogP contribution is -2.77. The Morgan fingerprint density at radius 1 is 0.926 bits per heavy atom. The van der Waals surface area contributed by atoms with Gasteiger partial charge in [-0.1, -0.05) is 36.4 Å². The Hall–Kier alpha value is -1.79. The number of fused-ring (bicyclic) bond motifs is 2. The molecular weight excluding hydrogens is 336 g/mol. The average Bonchev–Trinajstić information content (AvgIpc) is 3.03. The summed E-state index contributed by atoms with van der Waals surface area (Å²) in [6, 6.07) is 17.4. The summed E-state index contributed by atoms with van der Waals surface area (Å²) < 4.78 is 0. The van der Waals surface area contributed by atoms with Crippen LogP contribution >= 0.6 is 0 Å². The highest BCUT2D eigenvalue weighted by Crippen LogP contribution is 2.39. The van der Waals surface area contributed by atoms with Gasteiger partial charge in [0.25, 0.3) is 0 Å². The lowest BCUT2D eigenvalue weighted by molar-refractivity contribution is -0.118. The number of hydrogen-bond acceptors (Lipinski definition) is 5. The maximum atomic E-state index is 10.3. The lowest BCUT2D eigenvalue weighted by Gasteiger charge is -2.61. The fourth-order valence-electron chi connectivity index (χ4n) is 5.38. The second kappa shape index (κ2) is 6.99. The summed E-state index contributed by atoms with van der Waals surface area (Å²) in [6.07, 6.45) is 2.61. The highest BCUT2D eigenvalue weighted by molar-refractivity contribution is 5.18. The highest BCUT2D eigenvalue weighted by atomic mass is 16.3. The molecule has 3 fully saturated rings. The first-order valence-electron chi connectivity index (χ1n) is 10.0. The van der Waals surface area contributed by atoms with Gasteiger partial charge in [0.05, 0.1) is 17.3 Å². The van der Waals surface area contributed by atoms with E-state index in [1.165, 1.54) is 5.56 Å². The van der Waals surface area contributed by atoms with Crippen molar-refractivity contribution in [1.29, 1.82) is 0 Å². The zero-order valence-corrected chi connectivity index (χ0v) is 15.7. The van der Waals surface area contributed by atoms with Crippen molar-refractivity contribution in [3.63, 3.8) is 0 Å². The molecule has 1 aromatic carbocycles. The fraction of sp³-hybridized carbons (Fsp3) is 0.500. The molecule has 0 saturated carbocycles. The van der Waals surface area contributed by atoms with Gasteiger partial charge in [-0.3, -0.25) is 19.7 Å². The molecule has 3 aliphatic heterocycles. The molecule has 5 nitrogen and oxygen atoms in total. The van der Waals surface area contributed by atoms with Crippen LogP contribution < -0.4 is 0 Å². The summed E-state index contributed by atoms with van der Waals surface area (Å²) in [5.74, 6) is 0. The number of nitrogens with zero attached hydrogens (tertiary/aromatic N) is 4. The van der Waals surface area contributed by atoms with Gasteiger partial charge < -0.3 is 5.11 Å². The standard InChI is InChI=1S/C22H28N4O/c27-21-10-20-13-24(11-18-6-2-1-3-7-18)15-22(26(20)14-21)16-25(17-22)12-19-8-4-5-9-23-19/h1-9,20-21,27H,10-17H2/t20-,21+/m0/s1. The van der Waals surface area contributed by atoms with Gasteiger partial charge in [0, 0.05) is 58.1 Å². The molecule has 5 heteroatoms. The van der Waals surface area contributed by atoms with Crippen molar-refractivity contribution in [3.8, 4) is 0 Å². The van der Waals surface area contributed by atoms with E-state index in [0.29, 0.717) is 6.04 Å². The molecule has 0 unspecified atom stereocenters. The van der Waals surface area contributed by atoms with E-state index in [1.54, 1.807) is 0 Å². The molecule has 27 heavy (non-hydrogen) atoms. The number of aliphatic hydroxyl groups is 1. The van der Waals surface area contributed by atoms with E-state index in [9.17, 15) is 5.11 Å². The summed E-state index contributed by atoms with van der Waals surface area (Å²) in [5, 5.41) is 10.3. The van der Waals surface area contributed by atoms with Crippen LogP contribution in [-0.2, 0) is 13.1 Å². The van der Waals surface area contributed by atoms with E-state index in [2.05, 4.69) is 62.1 Å². The third-order valence-corrected chi connectivity index (χ3v) is 6.39. The van der Waals surface area contributed by atoms with Gasteiger partial charge in [-0.05, 0) is 24.1 Å². The smallest absolute Gasteiger partial charge is 0.0682 e. The van der Waals surface area contributed by atoms with Gasteiger partial charge in [-0.25, -0.2) is 0 Å². The Bertz CT molecular complexity index is 762. The van der Waals surface area contributed by atoms with Crippen molar-refractivity contribution in [3.05, 3.63) is 66.0 Å². The van der Waals surface area contributed by atoms with Crippen molar-refractivity contribution >= 4 is 0 Å². The zero-order chi connectivity index (χ0) is 18.3. The number of hydrogen-bond donors (Lipinski definition) is 1. The van der Waals surface area contributed by atoms with E-state index >= 15 is 0 Å². The van der Waals surface area contributed by atoms with Crippen molar-refractivity contribution in [1.82, 2.24) is 19.7 Å².